The minimum atomic E-state index is -0.320. The lowest BCUT2D eigenvalue weighted by molar-refractivity contribution is 0.0988. The minimum Gasteiger partial charge on any atom is -0.508 e. The van der Waals surface area contributed by atoms with E-state index in [4.69, 9.17) is 0 Å². The Hall–Kier alpha value is -2.60. The molecule has 0 aliphatic carbocycles. The number of aromatic hydroxyl groups is 1. The number of aromatic nitrogens is 2. The highest BCUT2D eigenvalue weighted by Crippen LogP contribution is 2.42. The van der Waals surface area contributed by atoms with E-state index in [9.17, 15) is 9.90 Å². The number of rotatable bonds is 2. The lowest BCUT2D eigenvalue weighted by atomic mass is 9.98. The summed E-state index contributed by atoms with van der Waals surface area (Å²) in [6.07, 6.45) is 0. The molecule has 2 N–H and O–H groups in total. The smallest absolute Gasteiger partial charge is 0.279 e. The molecule has 120 valence electrons. The van der Waals surface area contributed by atoms with Gasteiger partial charge in [-0.25, -0.2) is 0 Å². The van der Waals surface area contributed by atoms with Gasteiger partial charge in [-0.3, -0.25) is 14.8 Å². The van der Waals surface area contributed by atoms with Crippen LogP contribution >= 0.6 is 15.9 Å². The van der Waals surface area contributed by atoms with Crippen LogP contribution in [0.1, 0.15) is 33.4 Å². The number of phenols is 1. The van der Waals surface area contributed by atoms with E-state index < -0.39 is 0 Å². The fraction of sp³-hybridized carbons (Fsp3) is 0.111. The Morgan fingerprint density at radius 2 is 1.96 bits per heavy atom. The van der Waals surface area contributed by atoms with Crippen molar-refractivity contribution in [3.8, 4) is 5.75 Å². The van der Waals surface area contributed by atoms with Gasteiger partial charge in [0.15, 0.2) is 5.69 Å². The van der Waals surface area contributed by atoms with E-state index in [1.165, 1.54) is 0 Å². The van der Waals surface area contributed by atoms with Crippen molar-refractivity contribution < 1.29 is 9.90 Å². The molecule has 5 nitrogen and oxygen atoms in total. The van der Waals surface area contributed by atoms with Crippen LogP contribution in [0.15, 0.2) is 53.0 Å². The normalized spacial score (nSPS) is 16.5. The second-order valence-corrected chi connectivity index (χ2v) is 6.68. The van der Waals surface area contributed by atoms with E-state index in [1.807, 2.05) is 37.3 Å². The van der Waals surface area contributed by atoms with Gasteiger partial charge in [-0.2, -0.15) is 5.10 Å². The first-order valence-corrected chi connectivity index (χ1v) is 8.28. The van der Waals surface area contributed by atoms with Gasteiger partial charge in [0.1, 0.15) is 5.75 Å². The number of carbonyl (C=O) groups is 1. The lowest BCUT2D eigenvalue weighted by Crippen LogP contribution is -2.29. The number of halogens is 1. The molecule has 1 aromatic heterocycles. The molecular weight excluding hydrogens is 370 g/mol. The average Bonchev–Trinajstić information content (AvgIpc) is 3.07. The number of amides is 1. The number of H-pyrrole nitrogens is 1. The average molecular weight is 384 g/mol. The maximum Gasteiger partial charge on any atom is 0.279 e. The van der Waals surface area contributed by atoms with Crippen molar-refractivity contribution in [3.63, 3.8) is 0 Å². The molecule has 1 amide bonds. The Labute approximate surface area is 147 Å². The van der Waals surface area contributed by atoms with Gasteiger partial charge in [0.25, 0.3) is 5.91 Å². The van der Waals surface area contributed by atoms with Gasteiger partial charge in [0, 0.05) is 21.4 Å². The van der Waals surface area contributed by atoms with Crippen LogP contribution in [0.25, 0.3) is 0 Å². The molecule has 2 aromatic carbocycles. The van der Waals surface area contributed by atoms with Gasteiger partial charge in [-0.05, 0) is 48.9 Å². The van der Waals surface area contributed by atoms with Crippen molar-refractivity contribution in [1.29, 1.82) is 0 Å². The largest absolute Gasteiger partial charge is 0.508 e. The van der Waals surface area contributed by atoms with E-state index in [0.717, 1.165) is 27.0 Å². The van der Waals surface area contributed by atoms with Gasteiger partial charge >= 0.3 is 0 Å². The monoisotopic (exact) mass is 383 g/mol. The molecule has 4 rings (SSSR count). The third kappa shape index (κ3) is 2.22. The van der Waals surface area contributed by atoms with Crippen molar-refractivity contribution in [2.75, 3.05) is 4.90 Å². The summed E-state index contributed by atoms with van der Waals surface area (Å²) >= 11 is 3.42. The molecule has 24 heavy (non-hydrogen) atoms. The highest BCUT2D eigenvalue weighted by Gasteiger charge is 2.42. The number of anilines is 1. The maximum absolute atomic E-state index is 12.9. The van der Waals surface area contributed by atoms with Crippen molar-refractivity contribution in [2.45, 2.75) is 13.0 Å². The zero-order valence-corrected chi connectivity index (χ0v) is 14.4. The molecule has 0 spiro atoms. The van der Waals surface area contributed by atoms with E-state index in [2.05, 4.69) is 26.1 Å². The first kappa shape index (κ1) is 15.0. The maximum atomic E-state index is 12.9. The third-order valence-corrected chi connectivity index (χ3v) is 4.77. The number of hydrogen-bond donors (Lipinski definition) is 2. The van der Waals surface area contributed by atoms with Gasteiger partial charge in [-0.1, -0.05) is 28.1 Å². The Kier molecular flexibility index (Phi) is 3.42. The van der Waals surface area contributed by atoms with Crippen molar-refractivity contribution in [2.24, 2.45) is 0 Å². The number of nitrogens with one attached hydrogen (secondary N) is 1. The molecule has 0 fully saturated rings. The van der Waals surface area contributed by atoms with Crippen LogP contribution in [-0.4, -0.2) is 21.2 Å². The summed E-state index contributed by atoms with van der Waals surface area (Å²) in [7, 11) is 0. The highest BCUT2D eigenvalue weighted by molar-refractivity contribution is 9.10. The van der Waals surface area contributed by atoms with Crippen LogP contribution in [0, 0.1) is 6.92 Å². The minimum absolute atomic E-state index is 0.148. The van der Waals surface area contributed by atoms with E-state index in [-0.39, 0.29) is 17.7 Å². The Bertz CT molecular complexity index is 934. The summed E-state index contributed by atoms with van der Waals surface area (Å²) in [4.78, 5) is 14.7. The summed E-state index contributed by atoms with van der Waals surface area (Å²) in [6.45, 7) is 1.90. The fourth-order valence-electron chi connectivity index (χ4n) is 3.17. The molecule has 0 saturated heterocycles. The summed E-state index contributed by atoms with van der Waals surface area (Å²) in [5.74, 6) is 0.0234. The Balaban J connectivity index is 1.91. The molecule has 0 radical (unpaired) electrons. The molecule has 6 heteroatoms. The first-order chi connectivity index (χ1) is 11.6. The predicted octanol–water partition coefficient (Wildman–Crippen LogP) is 3.94. The number of fused-ring (bicyclic) bond motifs is 1. The van der Waals surface area contributed by atoms with Gasteiger partial charge in [-0.15, -0.1) is 0 Å². The molecule has 1 atom stereocenters. The number of phenolic OH excluding ortho intramolecular Hbond substituents is 1. The van der Waals surface area contributed by atoms with Crippen molar-refractivity contribution in [3.05, 3.63) is 75.5 Å². The molecule has 1 aliphatic heterocycles. The highest BCUT2D eigenvalue weighted by atomic mass is 79.9. The molecule has 1 unspecified atom stereocenters. The summed E-state index contributed by atoms with van der Waals surface area (Å²) in [5, 5.41) is 16.9. The molecular formula is C18H14BrN3O2. The SMILES string of the molecule is Cc1[nH]nc2c1C(c1cccc(O)c1)N(c1ccc(Br)cc1)C2=O. The van der Waals surface area contributed by atoms with Crippen LogP contribution in [0.3, 0.4) is 0 Å². The summed E-state index contributed by atoms with van der Waals surface area (Å²) < 4.78 is 0.946. The quantitative estimate of drug-likeness (QED) is 0.703. The predicted molar refractivity (Wildman–Crippen MR) is 94.2 cm³/mol. The number of aromatic amines is 1. The van der Waals surface area contributed by atoms with Crippen LogP contribution < -0.4 is 4.90 Å². The number of carbonyl (C=O) groups excluding carboxylic acids is 1. The second-order valence-electron chi connectivity index (χ2n) is 5.76. The first-order valence-electron chi connectivity index (χ1n) is 7.49. The zero-order chi connectivity index (χ0) is 16.8. The third-order valence-electron chi connectivity index (χ3n) is 4.24. The Morgan fingerprint density at radius 1 is 1.21 bits per heavy atom. The number of benzene rings is 2. The van der Waals surface area contributed by atoms with Crippen LogP contribution in [0.5, 0.6) is 5.75 Å². The number of hydrogen-bond acceptors (Lipinski definition) is 3. The summed E-state index contributed by atoms with van der Waals surface area (Å²) in [5.41, 5.74) is 3.77. The topological polar surface area (TPSA) is 69.2 Å². The van der Waals surface area contributed by atoms with E-state index in [0.29, 0.717) is 5.69 Å². The van der Waals surface area contributed by atoms with Gasteiger partial charge in [0.05, 0.1) is 6.04 Å². The van der Waals surface area contributed by atoms with Crippen LogP contribution in [0.2, 0.25) is 0 Å². The Morgan fingerprint density at radius 3 is 2.67 bits per heavy atom. The molecule has 0 bridgehead atoms. The summed E-state index contributed by atoms with van der Waals surface area (Å²) in [6, 6.07) is 14.3. The fourth-order valence-corrected chi connectivity index (χ4v) is 3.44. The van der Waals surface area contributed by atoms with E-state index in [1.54, 1.807) is 23.1 Å². The van der Waals surface area contributed by atoms with Crippen LogP contribution in [-0.2, 0) is 0 Å². The molecule has 0 saturated carbocycles. The van der Waals surface area contributed by atoms with Crippen molar-refractivity contribution >= 4 is 27.5 Å². The molecule has 3 aromatic rings. The zero-order valence-electron chi connectivity index (χ0n) is 12.8. The second kappa shape index (κ2) is 5.49. The number of nitrogens with zero attached hydrogens (tertiary/aromatic N) is 2. The van der Waals surface area contributed by atoms with Gasteiger partial charge in [0.2, 0.25) is 0 Å². The molecule has 2 heterocycles. The number of aryl methyl sites for hydroxylation is 1. The van der Waals surface area contributed by atoms with Gasteiger partial charge < -0.3 is 5.11 Å². The van der Waals surface area contributed by atoms with Crippen LogP contribution in [0.4, 0.5) is 5.69 Å². The molecule has 1 aliphatic rings. The van der Waals surface area contributed by atoms with E-state index >= 15 is 0 Å². The standard InChI is InChI=1S/C18H14BrN3O2/c1-10-15-16(21-20-10)18(24)22(13-7-5-12(19)6-8-13)17(15)11-3-2-4-14(23)9-11/h2-9,17,23H,1H3,(H,20,21). The lowest BCUT2D eigenvalue weighted by Gasteiger charge is -2.26. The van der Waals surface area contributed by atoms with Crippen molar-refractivity contribution in [1.82, 2.24) is 10.2 Å².